The molecule has 1 heterocycles. The second-order valence-electron chi connectivity index (χ2n) is 4.34. The zero-order valence-electron chi connectivity index (χ0n) is 8.07. The number of aliphatic hydroxyl groups is 1. The minimum atomic E-state index is -0.369. The van der Waals surface area contributed by atoms with E-state index in [-0.39, 0.29) is 17.9 Å². The van der Waals surface area contributed by atoms with Gasteiger partial charge in [-0.2, -0.15) is 0 Å². The van der Waals surface area contributed by atoms with Crippen LogP contribution in [0.15, 0.2) is 0 Å². The highest BCUT2D eigenvalue weighted by Gasteiger charge is 2.39. The van der Waals surface area contributed by atoms with E-state index in [1.54, 1.807) is 4.90 Å². The Bertz CT molecular complexity index is 213. The average Bonchev–Trinajstić information content (AvgIpc) is 2.29. The molecule has 3 heteroatoms. The van der Waals surface area contributed by atoms with Crippen LogP contribution in [0.2, 0.25) is 0 Å². The van der Waals surface area contributed by atoms with Gasteiger partial charge in [0.1, 0.15) is 0 Å². The zero-order chi connectivity index (χ0) is 9.42. The fourth-order valence-corrected chi connectivity index (χ4v) is 2.28. The average molecular weight is 183 g/mol. The second kappa shape index (κ2) is 3.29. The minimum Gasteiger partial charge on any atom is -0.392 e. The molecule has 1 N–H and O–H groups in total. The molecule has 1 amide bonds. The summed E-state index contributed by atoms with van der Waals surface area (Å²) in [6.45, 7) is 0.813. The van der Waals surface area contributed by atoms with Crippen molar-refractivity contribution in [2.45, 2.75) is 31.8 Å². The van der Waals surface area contributed by atoms with Crippen molar-refractivity contribution in [2.24, 2.45) is 11.8 Å². The van der Waals surface area contributed by atoms with Crippen LogP contribution in [-0.2, 0) is 4.79 Å². The first-order valence-corrected chi connectivity index (χ1v) is 5.13. The highest BCUT2D eigenvalue weighted by atomic mass is 16.3. The van der Waals surface area contributed by atoms with Crippen LogP contribution in [0, 0.1) is 11.8 Å². The van der Waals surface area contributed by atoms with E-state index < -0.39 is 0 Å². The molecule has 13 heavy (non-hydrogen) atoms. The van der Waals surface area contributed by atoms with Gasteiger partial charge in [0.05, 0.1) is 12.0 Å². The molecule has 0 aromatic carbocycles. The highest BCUT2D eigenvalue weighted by molar-refractivity contribution is 5.81. The minimum absolute atomic E-state index is 0.102. The molecule has 1 aliphatic carbocycles. The molecule has 1 saturated heterocycles. The lowest BCUT2D eigenvalue weighted by molar-refractivity contribution is -0.134. The summed E-state index contributed by atoms with van der Waals surface area (Å²) in [7, 11) is 1.82. The number of likely N-dealkylation sites (tertiary alicyclic amines) is 1. The first-order valence-electron chi connectivity index (χ1n) is 5.13. The van der Waals surface area contributed by atoms with Gasteiger partial charge in [-0.25, -0.2) is 0 Å². The maximum absolute atomic E-state index is 11.6. The number of carbonyl (C=O) groups is 1. The lowest BCUT2D eigenvalue weighted by Crippen LogP contribution is -2.37. The van der Waals surface area contributed by atoms with Crippen molar-refractivity contribution in [1.82, 2.24) is 4.90 Å². The first kappa shape index (κ1) is 9.00. The van der Waals surface area contributed by atoms with Gasteiger partial charge >= 0.3 is 0 Å². The molecule has 0 radical (unpaired) electrons. The summed E-state index contributed by atoms with van der Waals surface area (Å²) in [6.07, 6.45) is 3.90. The summed E-state index contributed by atoms with van der Waals surface area (Å²) in [5.74, 6) is 0.440. The molecule has 1 aliphatic heterocycles. The Hall–Kier alpha value is -0.570. The van der Waals surface area contributed by atoms with Crippen molar-refractivity contribution in [2.75, 3.05) is 13.6 Å². The van der Waals surface area contributed by atoms with Gasteiger partial charge in [0.25, 0.3) is 0 Å². The van der Waals surface area contributed by atoms with Crippen LogP contribution in [0.1, 0.15) is 25.7 Å². The van der Waals surface area contributed by atoms with Gasteiger partial charge in [-0.15, -0.1) is 0 Å². The number of aliphatic hydroxyl groups excluding tert-OH is 1. The number of carbonyl (C=O) groups excluding carboxylic acids is 1. The monoisotopic (exact) mass is 183 g/mol. The lowest BCUT2D eigenvalue weighted by Gasteiger charge is -2.32. The Labute approximate surface area is 78.7 Å². The van der Waals surface area contributed by atoms with Crippen LogP contribution in [0.4, 0.5) is 0 Å². The van der Waals surface area contributed by atoms with Gasteiger partial charge in [-0.05, 0) is 25.2 Å². The van der Waals surface area contributed by atoms with Crippen molar-refractivity contribution in [1.29, 1.82) is 0 Å². The van der Waals surface area contributed by atoms with E-state index in [4.69, 9.17) is 0 Å². The summed E-state index contributed by atoms with van der Waals surface area (Å²) >= 11 is 0. The van der Waals surface area contributed by atoms with E-state index in [2.05, 4.69) is 0 Å². The van der Waals surface area contributed by atoms with Crippen LogP contribution < -0.4 is 0 Å². The van der Waals surface area contributed by atoms with Gasteiger partial charge in [0.2, 0.25) is 5.91 Å². The molecule has 1 saturated carbocycles. The smallest absolute Gasteiger partial charge is 0.228 e. The number of amides is 1. The molecule has 0 spiro atoms. The zero-order valence-corrected chi connectivity index (χ0v) is 8.07. The maximum Gasteiger partial charge on any atom is 0.228 e. The van der Waals surface area contributed by atoms with Gasteiger partial charge in [-0.3, -0.25) is 4.79 Å². The van der Waals surface area contributed by atoms with Crippen molar-refractivity contribution >= 4 is 5.91 Å². The molecule has 0 aromatic rings. The van der Waals surface area contributed by atoms with E-state index in [0.29, 0.717) is 5.92 Å². The molecule has 0 aromatic heterocycles. The normalized spacial score (nSPS) is 32.0. The van der Waals surface area contributed by atoms with Crippen LogP contribution in [0.3, 0.4) is 0 Å². The summed E-state index contributed by atoms with van der Waals surface area (Å²) in [5.41, 5.74) is 0. The van der Waals surface area contributed by atoms with Crippen LogP contribution in [0.25, 0.3) is 0 Å². The van der Waals surface area contributed by atoms with E-state index in [9.17, 15) is 9.90 Å². The number of hydrogen-bond donors (Lipinski definition) is 1. The van der Waals surface area contributed by atoms with Gasteiger partial charge in [-0.1, -0.05) is 6.42 Å². The van der Waals surface area contributed by atoms with E-state index in [1.165, 1.54) is 6.42 Å². The Balaban J connectivity index is 1.96. The molecule has 74 valence electrons. The van der Waals surface area contributed by atoms with Gasteiger partial charge in [0.15, 0.2) is 0 Å². The van der Waals surface area contributed by atoms with Crippen molar-refractivity contribution in [3.8, 4) is 0 Å². The summed E-state index contributed by atoms with van der Waals surface area (Å²) in [5, 5.41) is 9.91. The standard InChI is InChI=1S/C10H17NO2/c1-11-6-5-8(10(11)13)9(12)7-3-2-4-7/h7-9,12H,2-6H2,1H3. The van der Waals surface area contributed by atoms with Gasteiger partial charge < -0.3 is 10.0 Å². The largest absolute Gasteiger partial charge is 0.392 e. The molecule has 3 nitrogen and oxygen atoms in total. The van der Waals surface area contributed by atoms with Gasteiger partial charge in [0, 0.05) is 13.6 Å². The predicted octanol–water partition coefficient (Wildman–Crippen LogP) is 0.626. The molecule has 2 fully saturated rings. The summed E-state index contributed by atoms with van der Waals surface area (Å²) in [4.78, 5) is 13.3. The van der Waals surface area contributed by atoms with E-state index in [0.717, 1.165) is 25.8 Å². The number of nitrogens with zero attached hydrogens (tertiary/aromatic N) is 1. The van der Waals surface area contributed by atoms with Crippen LogP contribution in [-0.4, -0.2) is 35.6 Å². The Kier molecular flexibility index (Phi) is 2.28. The third kappa shape index (κ3) is 1.46. The molecular formula is C10H17NO2. The fourth-order valence-electron chi connectivity index (χ4n) is 2.28. The lowest BCUT2D eigenvalue weighted by atomic mass is 9.76. The van der Waals surface area contributed by atoms with Crippen molar-refractivity contribution in [3.05, 3.63) is 0 Å². The Morgan fingerprint density at radius 3 is 2.54 bits per heavy atom. The highest BCUT2D eigenvalue weighted by Crippen LogP contribution is 2.35. The summed E-state index contributed by atoms with van der Waals surface area (Å²) < 4.78 is 0. The molecule has 2 unspecified atom stereocenters. The third-order valence-electron chi connectivity index (χ3n) is 3.51. The van der Waals surface area contributed by atoms with Crippen LogP contribution in [0.5, 0.6) is 0 Å². The molecular weight excluding hydrogens is 166 g/mol. The molecule has 2 rings (SSSR count). The second-order valence-corrected chi connectivity index (χ2v) is 4.34. The topological polar surface area (TPSA) is 40.5 Å². The fraction of sp³-hybridized carbons (Fsp3) is 0.900. The Morgan fingerprint density at radius 2 is 2.15 bits per heavy atom. The quantitative estimate of drug-likeness (QED) is 0.682. The van der Waals surface area contributed by atoms with E-state index >= 15 is 0 Å². The number of hydrogen-bond acceptors (Lipinski definition) is 2. The van der Waals surface area contributed by atoms with E-state index in [1.807, 2.05) is 7.05 Å². The first-order chi connectivity index (χ1) is 6.20. The van der Waals surface area contributed by atoms with Crippen molar-refractivity contribution < 1.29 is 9.90 Å². The SMILES string of the molecule is CN1CCC(C(O)C2CCC2)C1=O. The van der Waals surface area contributed by atoms with Crippen molar-refractivity contribution in [3.63, 3.8) is 0 Å². The predicted molar refractivity (Wildman–Crippen MR) is 49.1 cm³/mol. The maximum atomic E-state index is 11.6. The number of rotatable bonds is 2. The van der Waals surface area contributed by atoms with Crippen LogP contribution >= 0.6 is 0 Å². The molecule has 2 atom stereocenters. The molecule has 0 bridgehead atoms. The Morgan fingerprint density at radius 1 is 1.46 bits per heavy atom. The third-order valence-corrected chi connectivity index (χ3v) is 3.51. The summed E-state index contributed by atoms with van der Waals surface area (Å²) in [6, 6.07) is 0. The molecule has 2 aliphatic rings.